The van der Waals surface area contributed by atoms with Gasteiger partial charge in [0.1, 0.15) is 25.5 Å². The van der Waals surface area contributed by atoms with Crippen LogP contribution in [0.4, 0.5) is 0 Å². The van der Waals surface area contributed by atoms with Gasteiger partial charge in [0, 0.05) is 17.2 Å². The number of thiazole rings is 1. The molecule has 2 heterocycles. The summed E-state index contributed by atoms with van der Waals surface area (Å²) in [6.07, 6.45) is 0. The number of carbonyl (C=O) groups excluding carboxylic acids is 2. The van der Waals surface area contributed by atoms with Gasteiger partial charge < -0.3 is 23.5 Å². The van der Waals surface area contributed by atoms with Crippen molar-refractivity contribution in [2.45, 2.75) is 13.5 Å². The predicted molar refractivity (Wildman–Crippen MR) is 120 cm³/mol. The Morgan fingerprint density at radius 2 is 1.91 bits per heavy atom. The van der Waals surface area contributed by atoms with Crippen LogP contribution in [-0.4, -0.2) is 42.9 Å². The van der Waals surface area contributed by atoms with Crippen LogP contribution in [-0.2, 0) is 20.9 Å². The normalized spacial score (nSPS) is 13.3. The molecule has 0 aliphatic carbocycles. The lowest BCUT2D eigenvalue weighted by atomic mass is 10.2. The molecule has 168 valence electrons. The van der Waals surface area contributed by atoms with Crippen molar-refractivity contribution in [2.24, 2.45) is 4.99 Å². The maximum atomic E-state index is 12.5. The molecule has 1 aromatic heterocycles. The number of hydrogen-bond acceptors (Lipinski definition) is 7. The average molecular weight is 497 g/mol. The molecule has 0 fully saturated rings. The average Bonchev–Trinajstić information content (AvgIpc) is 3.07. The quantitative estimate of drug-likeness (QED) is 0.481. The van der Waals surface area contributed by atoms with Crippen molar-refractivity contribution in [2.75, 3.05) is 26.4 Å². The van der Waals surface area contributed by atoms with Crippen LogP contribution in [0.5, 0.6) is 17.2 Å². The molecule has 32 heavy (non-hydrogen) atoms. The lowest BCUT2D eigenvalue weighted by Crippen LogP contribution is -2.24. The van der Waals surface area contributed by atoms with Crippen LogP contribution in [0.15, 0.2) is 35.3 Å². The first-order valence-corrected chi connectivity index (χ1v) is 11.3. The van der Waals surface area contributed by atoms with Crippen LogP contribution in [0, 0.1) is 0 Å². The van der Waals surface area contributed by atoms with E-state index in [1.807, 2.05) is 6.07 Å². The zero-order valence-corrected chi connectivity index (χ0v) is 19.3. The van der Waals surface area contributed by atoms with Crippen molar-refractivity contribution in [3.05, 3.63) is 45.2 Å². The van der Waals surface area contributed by atoms with Gasteiger partial charge in [0.15, 0.2) is 22.9 Å². The zero-order valence-electron chi connectivity index (χ0n) is 16.9. The monoisotopic (exact) mass is 496 g/mol. The van der Waals surface area contributed by atoms with E-state index in [2.05, 4.69) is 4.99 Å². The van der Waals surface area contributed by atoms with Crippen molar-refractivity contribution in [3.63, 3.8) is 0 Å². The first-order chi connectivity index (χ1) is 15.4. The molecule has 3 aromatic rings. The van der Waals surface area contributed by atoms with Crippen molar-refractivity contribution in [1.29, 1.82) is 0 Å². The fraction of sp³-hybridized carbons (Fsp3) is 0.286. The third kappa shape index (κ3) is 5.01. The summed E-state index contributed by atoms with van der Waals surface area (Å²) in [6.45, 7) is 2.41. The van der Waals surface area contributed by atoms with Crippen molar-refractivity contribution >= 4 is 56.6 Å². The Morgan fingerprint density at radius 1 is 1.16 bits per heavy atom. The molecule has 2 aromatic carbocycles. The molecule has 0 saturated heterocycles. The Balaban J connectivity index is 1.66. The number of nitrogens with zero attached hydrogens (tertiary/aromatic N) is 2. The van der Waals surface area contributed by atoms with Crippen molar-refractivity contribution < 1.29 is 28.5 Å². The SMILES string of the molecule is CCOC(=O)Cn1c(=NC(=O)COc2ccc(Cl)cc2Cl)sc2cc3c(cc21)OCCO3. The summed E-state index contributed by atoms with van der Waals surface area (Å²) < 4.78 is 24.2. The van der Waals surface area contributed by atoms with Crippen molar-refractivity contribution in [1.82, 2.24) is 4.57 Å². The van der Waals surface area contributed by atoms with E-state index in [4.69, 9.17) is 42.1 Å². The topological polar surface area (TPSA) is 88.4 Å². The predicted octanol–water partition coefficient (Wildman–Crippen LogP) is 3.85. The number of aromatic nitrogens is 1. The van der Waals surface area contributed by atoms with Gasteiger partial charge in [0.2, 0.25) is 0 Å². The molecule has 0 saturated carbocycles. The third-order valence-electron chi connectivity index (χ3n) is 4.40. The van der Waals surface area contributed by atoms with Crippen LogP contribution in [0.25, 0.3) is 10.2 Å². The fourth-order valence-corrected chi connectivity index (χ4v) is 4.57. The number of benzene rings is 2. The Morgan fingerprint density at radius 3 is 2.62 bits per heavy atom. The molecule has 1 amide bonds. The number of halogens is 2. The van der Waals surface area contributed by atoms with Gasteiger partial charge in [-0.3, -0.25) is 9.59 Å². The Labute approximate surface area is 196 Å². The molecule has 0 unspecified atom stereocenters. The van der Waals surface area contributed by atoms with Crippen LogP contribution < -0.4 is 19.0 Å². The lowest BCUT2D eigenvalue weighted by molar-refractivity contribution is -0.143. The second-order valence-electron chi connectivity index (χ2n) is 6.61. The second kappa shape index (κ2) is 9.81. The summed E-state index contributed by atoms with van der Waals surface area (Å²) in [7, 11) is 0. The van der Waals surface area contributed by atoms with Crippen LogP contribution in [0.3, 0.4) is 0 Å². The smallest absolute Gasteiger partial charge is 0.326 e. The van der Waals surface area contributed by atoms with E-state index >= 15 is 0 Å². The van der Waals surface area contributed by atoms with Gasteiger partial charge in [-0.25, -0.2) is 0 Å². The second-order valence-corrected chi connectivity index (χ2v) is 8.46. The van der Waals surface area contributed by atoms with E-state index < -0.39 is 11.9 Å². The number of ether oxygens (including phenoxy) is 4. The summed E-state index contributed by atoms with van der Waals surface area (Å²) in [5, 5.41) is 0.745. The number of rotatable bonds is 6. The van der Waals surface area contributed by atoms with Gasteiger partial charge in [-0.05, 0) is 25.1 Å². The van der Waals surface area contributed by atoms with Crippen molar-refractivity contribution in [3.8, 4) is 17.2 Å². The van der Waals surface area contributed by atoms with Gasteiger partial charge in [0.25, 0.3) is 5.91 Å². The summed E-state index contributed by atoms with van der Waals surface area (Å²) in [6, 6.07) is 8.28. The molecule has 11 heteroatoms. The molecule has 0 bridgehead atoms. The molecular formula is C21H18Cl2N2O6S. The first-order valence-electron chi connectivity index (χ1n) is 9.68. The highest BCUT2D eigenvalue weighted by atomic mass is 35.5. The zero-order chi connectivity index (χ0) is 22.7. The van der Waals surface area contributed by atoms with E-state index in [-0.39, 0.29) is 24.8 Å². The van der Waals surface area contributed by atoms with Gasteiger partial charge in [0.05, 0.1) is 21.8 Å². The Kier molecular flexibility index (Phi) is 6.88. The third-order valence-corrected chi connectivity index (χ3v) is 5.98. The number of amides is 1. The molecule has 0 radical (unpaired) electrons. The highest BCUT2D eigenvalue weighted by Gasteiger charge is 2.18. The largest absolute Gasteiger partial charge is 0.486 e. The maximum absolute atomic E-state index is 12.5. The minimum Gasteiger partial charge on any atom is -0.486 e. The molecule has 4 rings (SSSR count). The summed E-state index contributed by atoms with van der Waals surface area (Å²) in [4.78, 5) is 29.2. The van der Waals surface area contributed by atoms with Crippen LogP contribution in [0.2, 0.25) is 10.0 Å². The lowest BCUT2D eigenvalue weighted by Gasteiger charge is -2.18. The number of esters is 1. The standard InChI is InChI=1S/C21H18Cl2N2O6S/c1-2-28-20(27)10-25-14-8-16-17(30-6-5-29-16)9-18(14)32-21(25)24-19(26)11-31-15-4-3-12(22)7-13(15)23/h3-4,7-9H,2,5-6,10-11H2,1H3. The first kappa shape index (κ1) is 22.4. The highest BCUT2D eigenvalue weighted by molar-refractivity contribution is 7.16. The van der Waals surface area contributed by atoms with E-state index in [0.717, 1.165) is 4.70 Å². The summed E-state index contributed by atoms with van der Waals surface area (Å²) >= 11 is 13.2. The van der Waals surface area contributed by atoms with E-state index in [0.29, 0.717) is 45.8 Å². The van der Waals surface area contributed by atoms with Gasteiger partial charge in [-0.1, -0.05) is 34.5 Å². The van der Waals surface area contributed by atoms with Gasteiger partial charge in [-0.15, -0.1) is 0 Å². The maximum Gasteiger partial charge on any atom is 0.326 e. The number of fused-ring (bicyclic) bond motifs is 2. The van der Waals surface area contributed by atoms with E-state index in [9.17, 15) is 9.59 Å². The molecule has 0 spiro atoms. The molecular weight excluding hydrogens is 479 g/mol. The van der Waals surface area contributed by atoms with Crippen LogP contribution >= 0.6 is 34.5 Å². The number of carbonyl (C=O) groups is 2. The molecule has 1 aliphatic rings. The fourth-order valence-electron chi connectivity index (χ4n) is 3.05. The highest BCUT2D eigenvalue weighted by Crippen LogP contribution is 2.35. The summed E-state index contributed by atoms with van der Waals surface area (Å²) in [5.74, 6) is 0.500. The molecule has 0 N–H and O–H groups in total. The Hall–Kier alpha value is -2.75. The summed E-state index contributed by atoms with van der Waals surface area (Å²) in [5.41, 5.74) is 0.681. The molecule has 0 atom stereocenters. The van der Waals surface area contributed by atoms with Gasteiger partial charge >= 0.3 is 5.97 Å². The van der Waals surface area contributed by atoms with E-state index in [1.54, 1.807) is 29.7 Å². The van der Waals surface area contributed by atoms with Gasteiger partial charge in [-0.2, -0.15) is 4.99 Å². The van der Waals surface area contributed by atoms with E-state index in [1.165, 1.54) is 17.4 Å². The minimum atomic E-state index is -0.544. The minimum absolute atomic E-state index is 0.108. The molecule has 8 nitrogen and oxygen atoms in total. The van der Waals surface area contributed by atoms with Crippen LogP contribution in [0.1, 0.15) is 6.92 Å². The Bertz CT molecular complexity index is 1250. The number of hydrogen-bond donors (Lipinski definition) is 0. The molecule has 1 aliphatic heterocycles.